The predicted octanol–water partition coefficient (Wildman–Crippen LogP) is 4.39. The fraction of sp³-hybridized carbons (Fsp3) is 0.476. The van der Waals surface area contributed by atoms with E-state index < -0.39 is 0 Å². The van der Waals surface area contributed by atoms with Gasteiger partial charge in [0.2, 0.25) is 0 Å². The summed E-state index contributed by atoms with van der Waals surface area (Å²) in [5.41, 5.74) is 2.00. The summed E-state index contributed by atoms with van der Waals surface area (Å²) in [5, 5.41) is 6.58. The van der Waals surface area contributed by atoms with Crippen LogP contribution in [0, 0.1) is 11.7 Å². The van der Waals surface area contributed by atoms with E-state index in [1.165, 1.54) is 12.8 Å². The zero-order chi connectivity index (χ0) is 19.2. The van der Waals surface area contributed by atoms with Crippen LogP contribution in [0.15, 0.2) is 41.7 Å². The lowest BCUT2D eigenvalue weighted by molar-refractivity contribution is 0.285. The molecule has 2 N–H and O–H groups in total. The molecule has 1 aliphatic carbocycles. The zero-order valence-electron chi connectivity index (χ0n) is 16.7. The van der Waals surface area contributed by atoms with Crippen LogP contribution in [0.5, 0.6) is 5.75 Å². The number of aromatic nitrogens is 1. The molecule has 1 saturated carbocycles. The maximum atomic E-state index is 14.3. The minimum Gasteiger partial charge on any atom is -0.490 e. The van der Waals surface area contributed by atoms with Gasteiger partial charge in [-0.2, -0.15) is 0 Å². The number of guanidine groups is 1. The Morgan fingerprint density at radius 3 is 2.75 bits per heavy atom. The number of aryl methyl sites for hydroxylation is 1. The van der Waals surface area contributed by atoms with E-state index in [1.54, 1.807) is 12.1 Å². The summed E-state index contributed by atoms with van der Waals surface area (Å²) in [7, 11) is 1.99. The lowest BCUT2D eigenvalue weighted by atomic mass is 10.1. The van der Waals surface area contributed by atoms with Crippen molar-refractivity contribution in [2.45, 2.75) is 39.3 Å². The Morgan fingerprint density at radius 1 is 1.36 bits per heavy atom. The lowest BCUT2D eigenvalue weighted by Gasteiger charge is -2.19. The first kappa shape index (κ1) is 22.5. The van der Waals surface area contributed by atoms with Crippen molar-refractivity contribution in [3.05, 3.63) is 53.6 Å². The van der Waals surface area contributed by atoms with Crippen molar-refractivity contribution in [3.8, 4) is 5.75 Å². The minimum atomic E-state index is -0.312. The highest BCUT2D eigenvalue weighted by atomic mass is 127. The molecule has 2 aromatic rings. The third kappa shape index (κ3) is 6.68. The minimum absolute atomic E-state index is 0. The highest BCUT2D eigenvalue weighted by Gasteiger charge is 2.22. The van der Waals surface area contributed by atoms with Crippen molar-refractivity contribution in [1.82, 2.24) is 15.2 Å². The van der Waals surface area contributed by atoms with Gasteiger partial charge in [-0.3, -0.25) is 0 Å². The van der Waals surface area contributed by atoms with Crippen molar-refractivity contribution >= 4 is 29.9 Å². The van der Waals surface area contributed by atoms with Gasteiger partial charge in [-0.1, -0.05) is 6.07 Å². The average Bonchev–Trinajstić information content (AvgIpc) is 3.38. The molecule has 154 valence electrons. The van der Waals surface area contributed by atoms with E-state index in [1.807, 2.05) is 50.0 Å². The van der Waals surface area contributed by atoms with Gasteiger partial charge >= 0.3 is 0 Å². The van der Waals surface area contributed by atoms with Gasteiger partial charge in [0, 0.05) is 26.0 Å². The molecule has 0 bridgehead atoms. The van der Waals surface area contributed by atoms with Crippen LogP contribution in [0.3, 0.4) is 0 Å². The first-order chi connectivity index (χ1) is 13.0. The summed E-state index contributed by atoms with van der Waals surface area (Å²) in [6.07, 6.45) is 6.43. The second-order valence-corrected chi connectivity index (χ2v) is 7.19. The molecule has 1 atom stereocenters. The number of aliphatic imine (C=N–C) groups is 1. The molecule has 28 heavy (non-hydrogen) atoms. The largest absolute Gasteiger partial charge is 0.490 e. The fourth-order valence-electron chi connectivity index (χ4n) is 2.83. The monoisotopic (exact) mass is 500 g/mol. The van der Waals surface area contributed by atoms with Gasteiger partial charge in [-0.15, -0.1) is 24.0 Å². The summed E-state index contributed by atoms with van der Waals surface area (Å²) >= 11 is 0. The Labute approximate surface area is 183 Å². The molecule has 0 amide bonds. The highest BCUT2D eigenvalue weighted by molar-refractivity contribution is 14.0. The smallest absolute Gasteiger partial charge is 0.192 e. The first-order valence-corrected chi connectivity index (χ1v) is 9.63. The number of ether oxygens (including phenoxy) is 1. The van der Waals surface area contributed by atoms with E-state index in [-0.39, 0.29) is 35.8 Å². The number of rotatable bonds is 8. The first-order valence-electron chi connectivity index (χ1n) is 9.63. The van der Waals surface area contributed by atoms with E-state index in [0.29, 0.717) is 30.8 Å². The number of halogens is 2. The van der Waals surface area contributed by atoms with Gasteiger partial charge in [-0.25, -0.2) is 9.38 Å². The number of nitrogens with one attached hydrogen (secondary N) is 2. The quantitative estimate of drug-likeness (QED) is 0.321. The highest BCUT2D eigenvalue weighted by Crippen LogP contribution is 2.30. The number of benzene rings is 1. The summed E-state index contributed by atoms with van der Waals surface area (Å²) in [6.45, 7) is 5.98. The molecular weight excluding hydrogens is 470 g/mol. The maximum Gasteiger partial charge on any atom is 0.192 e. The maximum absolute atomic E-state index is 14.3. The lowest BCUT2D eigenvalue weighted by Crippen LogP contribution is -2.38. The molecule has 1 aromatic carbocycles. The molecular formula is C21H30FIN4O. The van der Waals surface area contributed by atoms with Gasteiger partial charge in [0.1, 0.15) is 0 Å². The van der Waals surface area contributed by atoms with E-state index in [9.17, 15) is 4.39 Å². The van der Waals surface area contributed by atoms with Crippen molar-refractivity contribution in [3.63, 3.8) is 0 Å². The van der Waals surface area contributed by atoms with Gasteiger partial charge in [0.15, 0.2) is 17.5 Å². The fourth-order valence-corrected chi connectivity index (χ4v) is 2.83. The van der Waals surface area contributed by atoms with Gasteiger partial charge in [-0.05, 0) is 61.9 Å². The van der Waals surface area contributed by atoms with E-state index >= 15 is 0 Å². The second-order valence-electron chi connectivity index (χ2n) is 7.19. The van der Waals surface area contributed by atoms with Crippen LogP contribution in [0.1, 0.15) is 43.9 Å². The molecule has 0 saturated heterocycles. The van der Waals surface area contributed by atoms with Crippen LogP contribution in [0.2, 0.25) is 0 Å². The van der Waals surface area contributed by atoms with Crippen LogP contribution in [-0.4, -0.2) is 23.7 Å². The van der Waals surface area contributed by atoms with Crippen LogP contribution in [0.25, 0.3) is 0 Å². The Bertz CT molecular complexity index is 788. The van der Waals surface area contributed by atoms with E-state index in [4.69, 9.17) is 4.74 Å². The van der Waals surface area contributed by atoms with E-state index in [0.717, 1.165) is 17.7 Å². The van der Waals surface area contributed by atoms with Crippen LogP contribution >= 0.6 is 24.0 Å². The summed E-state index contributed by atoms with van der Waals surface area (Å²) in [5.74, 6) is 1.34. The summed E-state index contributed by atoms with van der Waals surface area (Å²) in [6, 6.07) is 7.14. The van der Waals surface area contributed by atoms with Gasteiger partial charge in [0.05, 0.1) is 19.2 Å². The van der Waals surface area contributed by atoms with Crippen LogP contribution < -0.4 is 15.4 Å². The van der Waals surface area contributed by atoms with Crippen LogP contribution in [-0.2, 0) is 13.6 Å². The molecule has 1 unspecified atom stereocenters. The molecule has 1 fully saturated rings. The zero-order valence-corrected chi connectivity index (χ0v) is 19.1. The van der Waals surface area contributed by atoms with Crippen molar-refractivity contribution in [2.24, 2.45) is 18.0 Å². The van der Waals surface area contributed by atoms with E-state index in [2.05, 4.69) is 15.6 Å². The SMILES string of the molecule is CCNC(=NCc1ccn(C)c1)NC(C)c1ccc(OCC2CC2)c(F)c1.I. The molecule has 7 heteroatoms. The number of hydrogen-bond acceptors (Lipinski definition) is 2. The van der Waals surface area contributed by atoms with Gasteiger partial charge < -0.3 is 19.9 Å². The molecule has 1 heterocycles. The molecule has 0 aliphatic heterocycles. The predicted molar refractivity (Wildman–Crippen MR) is 122 cm³/mol. The Morgan fingerprint density at radius 2 is 2.14 bits per heavy atom. The number of hydrogen-bond donors (Lipinski definition) is 2. The normalized spacial score (nSPS) is 14.9. The van der Waals surface area contributed by atoms with Crippen molar-refractivity contribution in [1.29, 1.82) is 0 Å². The van der Waals surface area contributed by atoms with Crippen molar-refractivity contribution in [2.75, 3.05) is 13.2 Å². The summed E-state index contributed by atoms with van der Waals surface area (Å²) in [4.78, 5) is 4.62. The molecule has 3 rings (SSSR count). The van der Waals surface area contributed by atoms with Crippen LogP contribution in [0.4, 0.5) is 4.39 Å². The number of nitrogens with zero attached hydrogens (tertiary/aromatic N) is 2. The molecule has 1 aromatic heterocycles. The Hall–Kier alpha value is -1.77. The molecule has 1 aliphatic rings. The topological polar surface area (TPSA) is 50.6 Å². The Kier molecular flexibility index (Phi) is 8.59. The molecule has 5 nitrogen and oxygen atoms in total. The summed E-state index contributed by atoms with van der Waals surface area (Å²) < 4.78 is 21.9. The van der Waals surface area contributed by atoms with Gasteiger partial charge in [0.25, 0.3) is 0 Å². The standard InChI is InChI=1S/C21H29FN4O.HI/c1-4-23-21(24-12-17-9-10-26(3)13-17)25-15(2)18-7-8-20(19(22)11-18)27-14-16-5-6-16;/h7-11,13,15-16H,4-6,12,14H2,1-3H3,(H2,23,24,25);1H. The Balaban J connectivity index is 0.00000280. The third-order valence-electron chi connectivity index (χ3n) is 4.64. The second kappa shape index (κ2) is 10.7. The average molecular weight is 500 g/mol. The molecule has 0 spiro atoms. The van der Waals surface area contributed by atoms with Crippen molar-refractivity contribution < 1.29 is 9.13 Å². The molecule has 0 radical (unpaired) electrons. The third-order valence-corrected chi connectivity index (χ3v) is 4.64.